The van der Waals surface area contributed by atoms with Crippen LogP contribution in [0.2, 0.25) is 0 Å². The van der Waals surface area contributed by atoms with E-state index < -0.39 is 7.82 Å². The Morgan fingerprint density at radius 1 is 0.625 bits per heavy atom. The molecule has 0 radical (unpaired) electrons. The summed E-state index contributed by atoms with van der Waals surface area (Å²) in [5.74, 6) is 0. The third-order valence-corrected chi connectivity index (χ3v) is 4.78. The monoisotopic (exact) mass is 380 g/mol. The largest absolute Gasteiger partial charge is 0.469 e. The number of hydrogen-bond acceptors (Lipinski definition) is 2. The predicted molar refractivity (Wildman–Crippen MR) is 107 cm³/mol. The van der Waals surface area contributed by atoms with Crippen molar-refractivity contribution in [2.75, 3.05) is 6.61 Å². The second kappa shape index (κ2) is 20.0. The van der Waals surface area contributed by atoms with E-state index in [0.29, 0.717) is 0 Å². The van der Waals surface area contributed by atoms with Gasteiger partial charge in [-0.1, -0.05) is 103 Å². The first kappa shape index (κ1) is 26.9. The van der Waals surface area contributed by atoms with Gasteiger partial charge >= 0.3 is 7.82 Å². The van der Waals surface area contributed by atoms with Crippen LogP contribution in [0.1, 0.15) is 110 Å². The third kappa shape index (κ3) is 24.9. The Bertz CT molecular complexity index is 284. The fourth-order valence-electron chi connectivity index (χ4n) is 2.83. The van der Waals surface area contributed by atoms with Gasteiger partial charge in [0.1, 0.15) is 0 Å². The van der Waals surface area contributed by atoms with Crippen molar-refractivity contribution in [1.82, 2.24) is 0 Å². The molecule has 2 N–H and O–H groups in total. The van der Waals surface area contributed by atoms with Gasteiger partial charge in [-0.2, -0.15) is 0 Å². The van der Waals surface area contributed by atoms with Crippen LogP contribution in [0, 0.1) is 0 Å². The van der Waals surface area contributed by atoms with Crippen LogP contribution in [-0.2, 0) is 9.09 Å². The highest BCUT2D eigenvalue weighted by Gasteiger charge is 2.12. The first-order valence-electron chi connectivity index (χ1n) is 9.76. The molecule has 0 heterocycles. The highest BCUT2D eigenvalue weighted by molar-refractivity contribution is 7.46. The van der Waals surface area contributed by atoms with Gasteiger partial charge in [0.15, 0.2) is 17.4 Å². The van der Waals surface area contributed by atoms with Crippen molar-refractivity contribution >= 4 is 25.2 Å². The second-order valence-corrected chi connectivity index (χ2v) is 7.87. The van der Waals surface area contributed by atoms with Crippen molar-refractivity contribution in [3.05, 3.63) is 0 Å². The quantitative estimate of drug-likeness (QED) is 0.195. The first-order chi connectivity index (χ1) is 11.1. The van der Waals surface area contributed by atoms with Crippen LogP contribution in [-0.4, -0.2) is 33.8 Å². The molecule has 0 aromatic heterocycles. The lowest BCUT2D eigenvalue weighted by Crippen LogP contribution is -1.92. The number of hydrogen-bond donors (Lipinski definition) is 2. The van der Waals surface area contributed by atoms with E-state index in [1.54, 1.807) is 0 Å². The van der Waals surface area contributed by atoms with Crippen molar-refractivity contribution in [1.29, 1.82) is 0 Å². The maximum atomic E-state index is 10.5. The second-order valence-electron chi connectivity index (χ2n) is 6.63. The normalized spacial score (nSPS) is 11.5. The molecule has 0 amide bonds. The van der Waals surface area contributed by atoms with Crippen LogP contribution in [0.15, 0.2) is 0 Å². The number of unbranched alkanes of at least 4 members (excludes halogenated alkanes) is 15. The summed E-state index contributed by atoms with van der Waals surface area (Å²) in [7, 11) is -4.26. The van der Waals surface area contributed by atoms with E-state index in [0.717, 1.165) is 19.3 Å². The molecule has 0 bridgehead atoms. The average Bonchev–Trinajstić information content (AvgIpc) is 2.49. The van der Waals surface area contributed by atoms with Gasteiger partial charge in [0.05, 0.1) is 6.61 Å². The van der Waals surface area contributed by atoms with E-state index in [1.165, 1.54) is 83.5 Å². The molecule has 0 aliphatic heterocycles. The summed E-state index contributed by atoms with van der Waals surface area (Å²) in [6.07, 6.45) is 20.7. The summed E-state index contributed by atoms with van der Waals surface area (Å²) in [6, 6.07) is 0. The lowest BCUT2D eigenvalue weighted by atomic mass is 10.0. The molecule has 0 aromatic carbocycles. The molecule has 0 atom stereocenters. The third-order valence-electron chi connectivity index (χ3n) is 4.26. The Morgan fingerprint density at radius 2 is 0.917 bits per heavy atom. The van der Waals surface area contributed by atoms with Gasteiger partial charge in [0.2, 0.25) is 0 Å². The van der Waals surface area contributed by atoms with Crippen LogP contribution in [0.4, 0.5) is 0 Å². The molecule has 24 heavy (non-hydrogen) atoms. The van der Waals surface area contributed by atoms with Crippen LogP contribution >= 0.6 is 7.82 Å². The molecular weight excluding hydrogens is 338 g/mol. The van der Waals surface area contributed by atoms with E-state index in [1.807, 2.05) is 0 Å². The van der Waals surface area contributed by atoms with Crippen molar-refractivity contribution < 1.29 is 18.9 Å². The van der Waals surface area contributed by atoms with Gasteiger partial charge in [-0.15, -0.1) is 0 Å². The van der Waals surface area contributed by atoms with Crippen molar-refractivity contribution in [3.8, 4) is 0 Å². The summed E-state index contributed by atoms with van der Waals surface area (Å²) in [5, 5.41) is 0. The maximum absolute atomic E-state index is 10.5. The number of phosphoric ester groups is 1. The van der Waals surface area contributed by atoms with Crippen LogP contribution in [0.5, 0.6) is 0 Å². The fraction of sp³-hybridized carbons (Fsp3) is 1.00. The molecule has 4 nitrogen and oxygen atoms in total. The highest BCUT2D eigenvalue weighted by atomic mass is 31.2. The highest BCUT2D eigenvalue weighted by Crippen LogP contribution is 2.35. The molecule has 0 fully saturated rings. The van der Waals surface area contributed by atoms with E-state index >= 15 is 0 Å². The van der Waals surface area contributed by atoms with Gasteiger partial charge < -0.3 is 9.79 Å². The standard InChI is InChI=1S/C18H39O4P.Al.3H/c1-2-3-4-5-6-7-8-9-10-11-12-13-14-15-16-17-18-22-23(19,20)21;;;;/h2-18H2,1H3,(H2,19,20,21);;;;. The van der Waals surface area contributed by atoms with Gasteiger partial charge in [0.25, 0.3) is 0 Å². The van der Waals surface area contributed by atoms with Gasteiger partial charge in [-0.3, -0.25) is 4.52 Å². The van der Waals surface area contributed by atoms with E-state index in [-0.39, 0.29) is 24.0 Å². The van der Waals surface area contributed by atoms with Gasteiger partial charge in [0, 0.05) is 0 Å². The minimum atomic E-state index is -4.26. The van der Waals surface area contributed by atoms with E-state index in [9.17, 15) is 4.57 Å². The Hall–Kier alpha value is 0.642. The first-order valence-corrected chi connectivity index (χ1v) is 11.3. The lowest BCUT2D eigenvalue weighted by Gasteiger charge is -2.05. The van der Waals surface area contributed by atoms with Gasteiger partial charge in [-0.05, 0) is 6.42 Å². The van der Waals surface area contributed by atoms with Crippen molar-refractivity contribution in [2.45, 2.75) is 110 Å². The van der Waals surface area contributed by atoms with Gasteiger partial charge in [-0.25, -0.2) is 4.57 Å². The Labute approximate surface area is 160 Å². The molecule has 0 rings (SSSR count). The average molecular weight is 380 g/mol. The SMILES string of the molecule is CCCCCCCCCCCCCCCCCCOP(=O)(O)O.[AlH3]. The molecule has 6 heteroatoms. The summed E-state index contributed by atoms with van der Waals surface area (Å²) < 4.78 is 14.9. The minimum absolute atomic E-state index is 0. The molecule has 146 valence electrons. The minimum Gasteiger partial charge on any atom is -0.303 e. The summed E-state index contributed by atoms with van der Waals surface area (Å²) in [5.41, 5.74) is 0. The molecule has 0 saturated heterocycles. The lowest BCUT2D eigenvalue weighted by molar-refractivity contribution is 0.193. The fourth-order valence-corrected chi connectivity index (χ4v) is 3.20. The molecule has 0 unspecified atom stereocenters. The molecular formula is C18H42AlO4P. The predicted octanol–water partition coefficient (Wildman–Crippen LogP) is 5.17. The zero-order valence-electron chi connectivity index (χ0n) is 15.2. The zero-order chi connectivity index (χ0) is 17.2. The summed E-state index contributed by atoms with van der Waals surface area (Å²) in [4.78, 5) is 17.1. The summed E-state index contributed by atoms with van der Waals surface area (Å²) >= 11 is 0. The van der Waals surface area contributed by atoms with Crippen LogP contribution < -0.4 is 0 Å². The molecule has 0 aliphatic carbocycles. The Balaban J connectivity index is 0. The maximum Gasteiger partial charge on any atom is 0.469 e. The van der Waals surface area contributed by atoms with Crippen LogP contribution in [0.25, 0.3) is 0 Å². The number of rotatable bonds is 18. The summed E-state index contributed by atoms with van der Waals surface area (Å²) in [6.45, 7) is 2.43. The molecule has 0 spiro atoms. The van der Waals surface area contributed by atoms with Crippen LogP contribution in [0.3, 0.4) is 0 Å². The number of phosphoric acid groups is 1. The molecule has 0 aromatic rings. The van der Waals surface area contributed by atoms with E-state index in [2.05, 4.69) is 11.4 Å². The Kier molecular flexibility index (Phi) is 22.3. The molecule has 0 saturated carbocycles. The smallest absolute Gasteiger partial charge is 0.303 e. The topological polar surface area (TPSA) is 66.8 Å². The molecule has 0 aliphatic rings. The van der Waals surface area contributed by atoms with Crippen molar-refractivity contribution in [3.63, 3.8) is 0 Å². The Morgan fingerprint density at radius 3 is 1.21 bits per heavy atom. The van der Waals surface area contributed by atoms with E-state index in [4.69, 9.17) is 9.79 Å². The zero-order valence-corrected chi connectivity index (χ0v) is 16.1. The van der Waals surface area contributed by atoms with Crippen molar-refractivity contribution in [2.24, 2.45) is 0 Å².